The third kappa shape index (κ3) is 4.94. The Bertz CT molecular complexity index is 623. The molecule has 0 saturated carbocycles. The molecule has 1 amide bonds. The molecular weight excluding hydrogens is 330 g/mol. The minimum Gasteiger partial charge on any atom is -0.349 e. The Labute approximate surface area is 146 Å². The first-order chi connectivity index (χ1) is 11.2. The fourth-order valence-electron chi connectivity index (χ4n) is 2.21. The molecule has 124 valence electrons. The number of alkyl halides is 1. The molecule has 0 aliphatic carbocycles. The van der Waals surface area contributed by atoms with Gasteiger partial charge in [0, 0.05) is 42.0 Å². The van der Waals surface area contributed by atoms with Crippen LogP contribution in [-0.2, 0) is 4.79 Å². The molecule has 2 rings (SSSR count). The van der Waals surface area contributed by atoms with Gasteiger partial charge in [-0.1, -0.05) is 12.1 Å². The highest BCUT2D eigenvalue weighted by molar-refractivity contribution is 7.14. The van der Waals surface area contributed by atoms with Crippen molar-refractivity contribution in [2.45, 2.75) is 26.7 Å². The number of benzene rings is 1. The van der Waals surface area contributed by atoms with Gasteiger partial charge in [0.2, 0.25) is 5.91 Å². The van der Waals surface area contributed by atoms with Crippen LogP contribution in [0.3, 0.4) is 0 Å². The van der Waals surface area contributed by atoms with Crippen LogP contribution in [0.2, 0.25) is 0 Å². The van der Waals surface area contributed by atoms with Gasteiger partial charge in [-0.15, -0.1) is 22.9 Å². The van der Waals surface area contributed by atoms with E-state index >= 15 is 0 Å². The first-order valence-electron chi connectivity index (χ1n) is 7.84. The van der Waals surface area contributed by atoms with Crippen molar-refractivity contribution in [3.05, 3.63) is 29.6 Å². The standard InChI is InChI=1S/C17H22ClN3OS/c1-3-21(4-2)17-20-15(12-23-17)13-7-9-14(10-8-13)19-16(22)6-5-11-18/h7-10,12H,3-6,11H2,1-2H3,(H,19,22). The quantitative estimate of drug-likeness (QED) is 0.706. The SMILES string of the molecule is CCN(CC)c1nc(-c2ccc(NC(=O)CCCCl)cc2)cs1. The number of thiazole rings is 1. The van der Waals surface area contributed by atoms with Crippen molar-refractivity contribution in [2.75, 3.05) is 29.2 Å². The van der Waals surface area contributed by atoms with Crippen LogP contribution in [0, 0.1) is 0 Å². The molecule has 1 heterocycles. The second-order valence-corrected chi connectivity index (χ2v) is 6.32. The minimum absolute atomic E-state index is 0.00382. The molecule has 0 aliphatic rings. The van der Waals surface area contributed by atoms with Gasteiger partial charge in [0.1, 0.15) is 0 Å². The topological polar surface area (TPSA) is 45.2 Å². The number of carbonyl (C=O) groups excluding carboxylic acids is 1. The zero-order valence-electron chi connectivity index (χ0n) is 13.5. The molecule has 4 nitrogen and oxygen atoms in total. The first-order valence-corrected chi connectivity index (χ1v) is 9.26. The molecule has 1 aromatic carbocycles. The molecule has 6 heteroatoms. The summed E-state index contributed by atoms with van der Waals surface area (Å²) in [5, 5.41) is 5.99. The Hall–Kier alpha value is -1.59. The molecule has 1 N–H and O–H groups in total. The highest BCUT2D eigenvalue weighted by Crippen LogP contribution is 2.28. The van der Waals surface area contributed by atoms with Gasteiger partial charge in [-0.3, -0.25) is 4.79 Å². The molecule has 0 saturated heterocycles. The fraction of sp³-hybridized carbons (Fsp3) is 0.412. The van der Waals surface area contributed by atoms with E-state index in [0.717, 1.165) is 35.2 Å². The van der Waals surface area contributed by atoms with E-state index in [-0.39, 0.29) is 5.91 Å². The van der Waals surface area contributed by atoms with Crippen molar-refractivity contribution in [3.63, 3.8) is 0 Å². The monoisotopic (exact) mass is 351 g/mol. The molecule has 0 fully saturated rings. The molecule has 0 radical (unpaired) electrons. The third-order valence-corrected chi connectivity index (χ3v) is 4.70. The average molecular weight is 352 g/mol. The maximum atomic E-state index is 11.7. The van der Waals surface area contributed by atoms with E-state index in [4.69, 9.17) is 16.6 Å². The van der Waals surface area contributed by atoms with Gasteiger partial charge in [-0.05, 0) is 32.4 Å². The van der Waals surface area contributed by atoms with Crippen LogP contribution in [0.1, 0.15) is 26.7 Å². The summed E-state index contributed by atoms with van der Waals surface area (Å²) >= 11 is 7.25. The van der Waals surface area contributed by atoms with Crippen molar-refractivity contribution < 1.29 is 4.79 Å². The summed E-state index contributed by atoms with van der Waals surface area (Å²) in [4.78, 5) is 18.6. The fourth-order valence-corrected chi connectivity index (χ4v) is 3.31. The molecule has 0 spiro atoms. The smallest absolute Gasteiger partial charge is 0.224 e. The molecule has 0 atom stereocenters. The summed E-state index contributed by atoms with van der Waals surface area (Å²) in [5.74, 6) is 0.501. The Morgan fingerprint density at radius 3 is 2.57 bits per heavy atom. The van der Waals surface area contributed by atoms with Crippen molar-refractivity contribution in [1.82, 2.24) is 4.98 Å². The van der Waals surface area contributed by atoms with Gasteiger partial charge < -0.3 is 10.2 Å². The van der Waals surface area contributed by atoms with Crippen LogP contribution in [0.25, 0.3) is 11.3 Å². The Balaban J connectivity index is 2.03. The largest absolute Gasteiger partial charge is 0.349 e. The second-order valence-electron chi connectivity index (χ2n) is 5.11. The van der Waals surface area contributed by atoms with Crippen molar-refractivity contribution in [2.24, 2.45) is 0 Å². The maximum absolute atomic E-state index is 11.7. The van der Waals surface area contributed by atoms with E-state index in [1.54, 1.807) is 11.3 Å². The van der Waals surface area contributed by atoms with Crippen LogP contribution in [-0.4, -0.2) is 29.9 Å². The number of nitrogens with zero attached hydrogens (tertiary/aromatic N) is 2. The molecular formula is C17H22ClN3OS. The van der Waals surface area contributed by atoms with Crippen LogP contribution >= 0.6 is 22.9 Å². The Morgan fingerprint density at radius 1 is 1.26 bits per heavy atom. The number of carbonyl (C=O) groups is 1. The Morgan fingerprint density at radius 2 is 1.96 bits per heavy atom. The summed E-state index contributed by atoms with van der Waals surface area (Å²) in [6, 6.07) is 7.78. The zero-order valence-corrected chi connectivity index (χ0v) is 15.1. The van der Waals surface area contributed by atoms with Gasteiger partial charge in [-0.2, -0.15) is 0 Å². The predicted octanol–water partition coefficient (Wildman–Crippen LogP) is 4.61. The summed E-state index contributed by atoms with van der Waals surface area (Å²) in [7, 11) is 0. The highest BCUT2D eigenvalue weighted by Gasteiger charge is 2.09. The van der Waals surface area contributed by atoms with Crippen molar-refractivity contribution >= 4 is 39.7 Å². The van der Waals surface area contributed by atoms with Gasteiger partial charge >= 0.3 is 0 Å². The lowest BCUT2D eigenvalue weighted by atomic mass is 10.1. The van der Waals surface area contributed by atoms with Gasteiger partial charge in [0.15, 0.2) is 5.13 Å². The highest BCUT2D eigenvalue weighted by atomic mass is 35.5. The lowest BCUT2D eigenvalue weighted by Crippen LogP contribution is -2.21. The number of hydrogen-bond acceptors (Lipinski definition) is 4. The molecule has 2 aromatic rings. The molecule has 1 aromatic heterocycles. The van der Waals surface area contributed by atoms with E-state index in [0.29, 0.717) is 18.7 Å². The average Bonchev–Trinajstić information content (AvgIpc) is 3.04. The number of rotatable bonds is 8. The maximum Gasteiger partial charge on any atom is 0.224 e. The van der Waals surface area contributed by atoms with E-state index in [1.165, 1.54) is 0 Å². The summed E-state index contributed by atoms with van der Waals surface area (Å²) in [6.07, 6.45) is 1.14. The molecule has 0 unspecified atom stereocenters. The zero-order chi connectivity index (χ0) is 16.7. The first kappa shape index (κ1) is 17.8. The molecule has 0 bridgehead atoms. The number of halogens is 1. The van der Waals surface area contributed by atoms with Gasteiger partial charge in [0.25, 0.3) is 0 Å². The molecule has 0 aliphatic heterocycles. The summed E-state index contributed by atoms with van der Waals surface area (Å²) < 4.78 is 0. The second kappa shape index (κ2) is 8.89. The number of hydrogen-bond donors (Lipinski definition) is 1. The number of aromatic nitrogens is 1. The minimum atomic E-state index is -0.00382. The lowest BCUT2D eigenvalue weighted by Gasteiger charge is -2.16. The van der Waals surface area contributed by atoms with Crippen molar-refractivity contribution in [1.29, 1.82) is 0 Å². The number of anilines is 2. The summed E-state index contributed by atoms with van der Waals surface area (Å²) in [5.41, 5.74) is 2.82. The number of amides is 1. The number of nitrogens with one attached hydrogen (secondary N) is 1. The van der Waals surface area contributed by atoms with E-state index in [1.807, 2.05) is 24.3 Å². The van der Waals surface area contributed by atoms with Crippen LogP contribution < -0.4 is 10.2 Å². The Kier molecular flexibility index (Phi) is 6.86. The van der Waals surface area contributed by atoms with E-state index < -0.39 is 0 Å². The lowest BCUT2D eigenvalue weighted by molar-refractivity contribution is -0.116. The van der Waals surface area contributed by atoms with Gasteiger partial charge in [-0.25, -0.2) is 4.98 Å². The van der Waals surface area contributed by atoms with E-state index in [9.17, 15) is 4.79 Å². The predicted molar refractivity (Wildman–Crippen MR) is 99.7 cm³/mol. The van der Waals surface area contributed by atoms with E-state index in [2.05, 4.69) is 29.4 Å². The van der Waals surface area contributed by atoms with Gasteiger partial charge in [0.05, 0.1) is 5.69 Å². The normalized spacial score (nSPS) is 10.6. The van der Waals surface area contributed by atoms with Crippen LogP contribution in [0.15, 0.2) is 29.6 Å². The third-order valence-electron chi connectivity index (χ3n) is 3.53. The van der Waals surface area contributed by atoms with Crippen molar-refractivity contribution in [3.8, 4) is 11.3 Å². The molecule has 23 heavy (non-hydrogen) atoms. The van der Waals surface area contributed by atoms with Crippen LogP contribution in [0.5, 0.6) is 0 Å². The summed E-state index contributed by atoms with van der Waals surface area (Å²) in [6.45, 7) is 6.17. The van der Waals surface area contributed by atoms with Crippen LogP contribution in [0.4, 0.5) is 10.8 Å².